The van der Waals surface area contributed by atoms with E-state index in [2.05, 4.69) is 45.1 Å². The molecule has 0 bridgehead atoms. The molecule has 0 spiro atoms. The lowest BCUT2D eigenvalue weighted by molar-refractivity contribution is 0.0696. The number of halogens is 1. The van der Waals surface area contributed by atoms with E-state index in [-0.39, 0.29) is 0 Å². The summed E-state index contributed by atoms with van der Waals surface area (Å²) in [6.45, 7) is 1.91. The number of rotatable bonds is 2. The van der Waals surface area contributed by atoms with Crippen LogP contribution in [0.2, 0.25) is 0 Å². The first-order chi connectivity index (χ1) is 10.1. The van der Waals surface area contributed by atoms with Crippen molar-refractivity contribution in [2.24, 2.45) is 0 Å². The highest BCUT2D eigenvalue weighted by Crippen LogP contribution is 2.26. The summed E-state index contributed by atoms with van der Waals surface area (Å²) >= 11 is 3.35. The number of benzene rings is 2. The Morgan fingerprint density at radius 3 is 2.19 bits per heavy atom. The summed E-state index contributed by atoms with van der Waals surface area (Å²) in [5.74, 6) is -0.906. The van der Waals surface area contributed by atoms with E-state index in [0.29, 0.717) is 10.0 Å². The number of fused-ring (bicyclic) bond motifs is 1. The number of aromatic carboxylic acids is 1. The predicted molar refractivity (Wildman–Crippen MR) is 87.2 cm³/mol. The topological polar surface area (TPSA) is 40.5 Å². The lowest BCUT2D eigenvalue weighted by atomic mass is 10.0. The maximum Gasteiger partial charge on any atom is 0.336 e. The van der Waals surface area contributed by atoms with Crippen molar-refractivity contribution in [2.45, 2.75) is 12.8 Å². The molecule has 0 fully saturated rings. The van der Waals surface area contributed by atoms with Gasteiger partial charge in [-0.15, -0.1) is 0 Å². The Bertz CT molecular complexity index is 657. The van der Waals surface area contributed by atoms with Crippen molar-refractivity contribution in [1.29, 1.82) is 0 Å². The first-order valence-corrected chi connectivity index (χ1v) is 7.79. The number of nitrogens with zero attached hydrogens (tertiary/aromatic N) is 1. The van der Waals surface area contributed by atoms with Crippen molar-refractivity contribution in [3.05, 3.63) is 63.6 Å². The maximum absolute atomic E-state index is 11.1. The molecule has 1 heterocycles. The number of carbonyl (C=O) groups is 1. The zero-order valence-electron chi connectivity index (χ0n) is 11.6. The Morgan fingerprint density at radius 2 is 1.67 bits per heavy atom. The fraction of sp³-hybridized carbons (Fsp3) is 0.235. The van der Waals surface area contributed by atoms with E-state index in [1.807, 2.05) is 12.1 Å². The van der Waals surface area contributed by atoms with E-state index < -0.39 is 5.97 Å². The molecular weight excluding hydrogens is 330 g/mol. The highest BCUT2D eigenvalue weighted by atomic mass is 79.9. The van der Waals surface area contributed by atoms with Crippen molar-refractivity contribution >= 4 is 27.6 Å². The Morgan fingerprint density at radius 1 is 1.05 bits per heavy atom. The molecule has 21 heavy (non-hydrogen) atoms. The Hall–Kier alpha value is -1.81. The molecular formula is C17H16BrNO2. The molecule has 4 heteroatoms. The van der Waals surface area contributed by atoms with E-state index in [0.717, 1.165) is 31.6 Å². The number of carboxylic acid groups (broad SMARTS) is 1. The summed E-state index contributed by atoms with van der Waals surface area (Å²) in [6, 6.07) is 14.0. The molecule has 0 amide bonds. The molecule has 3 rings (SSSR count). The molecule has 0 aliphatic carbocycles. The van der Waals surface area contributed by atoms with Gasteiger partial charge < -0.3 is 10.0 Å². The van der Waals surface area contributed by atoms with Crippen molar-refractivity contribution in [3.8, 4) is 0 Å². The number of hydrogen-bond donors (Lipinski definition) is 1. The van der Waals surface area contributed by atoms with Crippen LogP contribution < -0.4 is 4.90 Å². The van der Waals surface area contributed by atoms with Gasteiger partial charge in [-0.3, -0.25) is 0 Å². The lowest BCUT2D eigenvalue weighted by Crippen LogP contribution is -2.26. The van der Waals surface area contributed by atoms with Gasteiger partial charge >= 0.3 is 5.97 Å². The number of hydrogen-bond acceptors (Lipinski definition) is 2. The Kier molecular flexibility index (Phi) is 3.97. The van der Waals surface area contributed by atoms with Gasteiger partial charge in [-0.1, -0.05) is 24.3 Å². The van der Waals surface area contributed by atoms with E-state index in [9.17, 15) is 4.79 Å². The smallest absolute Gasteiger partial charge is 0.336 e. The van der Waals surface area contributed by atoms with Gasteiger partial charge in [0.25, 0.3) is 0 Å². The third-order valence-corrected chi connectivity index (χ3v) is 4.62. The third-order valence-electron chi connectivity index (χ3n) is 3.97. The quantitative estimate of drug-likeness (QED) is 0.900. The maximum atomic E-state index is 11.1. The van der Waals surface area contributed by atoms with Crippen LogP contribution in [0.15, 0.2) is 46.9 Å². The van der Waals surface area contributed by atoms with E-state index in [1.165, 1.54) is 11.1 Å². The second-order valence-corrected chi connectivity index (χ2v) is 6.08. The molecule has 0 aromatic heterocycles. The highest BCUT2D eigenvalue weighted by molar-refractivity contribution is 9.10. The molecule has 0 unspecified atom stereocenters. The molecule has 1 aliphatic rings. The second-order valence-electron chi connectivity index (χ2n) is 5.23. The van der Waals surface area contributed by atoms with Gasteiger partial charge in [-0.05, 0) is 58.1 Å². The SMILES string of the molecule is O=C(O)c1ccc(N2CCc3ccccc3CC2)cc1Br. The van der Waals surface area contributed by atoms with Crippen LogP contribution in [0, 0.1) is 0 Å². The monoisotopic (exact) mass is 345 g/mol. The summed E-state index contributed by atoms with van der Waals surface area (Å²) in [6.07, 6.45) is 2.04. The summed E-state index contributed by atoms with van der Waals surface area (Å²) < 4.78 is 0.634. The Balaban J connectivity index is 1.83. The van der Waals surface area contributed by atoms with Crippen LogP contribution in [-0.4, -0.2) is 24.2 Å². The average Bonchev–Trinajstić information content (AvgIpc) is 2.69. The molecule has 0 saturated heterocycles. The minimum absolute atomic E-state index is 0.303. The highest BCUT2D eigenvalue weighted by Gasteiger charge is 2.16. The molecule has 0 radical (unpaired) electrons. The van der Waals surface area contributed by atoms with Gasteiger partial charge in [0.2, 0.25) is 0 Å². The van der Waals surface area contributed by atoms with Crippen molar-refractivity contribution < 1.29 is 9.90 Å². The molecule has 108 valence electrons. The fourth-order valence-electron chi connectivity index (χ4n) is 2.80. The van der Waals surface area contributed by atoms with Gasteiger partial charge in [0.15, 0.2) is 0 Å². The van der Waals surface area contributed by atoms with Crippen LogP contribution in [0.1, 0.15) is 21.5 Å². The van der Waals surface area contributed by atoms with E-state index in [4.69, 9.17) is 5.11 Å². The summed E-state index contributed by atoms with van der Waals surface area (Å²) in [5, 5.41) is 9.09. The zero-order valence-corrected chi connectivity index (χ0v) is 13.1. The van der Waals surface area contributed by atoms with Gasteiger partial charge in [-0.2, -0.15) is 0 Å². The molecule has 2 aromatic rings. The minimum atomic E-state index is -0.906. The predicted octanol–water partition coefficient (Wildman–Crippen LogP) is 3.75. The van der Waals surface area contributed by atoms with Crippen LogP contribution >= 0.6 is 15.9 Å². The summed E-state index contributed by atoms with van der Waals surface area (Å²) in [5.41, 5.74) is 4.21. The molecule has 1 N–H and O–H groups in total. The largest absolute Gasteiger partial charge is 0.478 e. The molecule has 2 aromatic carbocycles. The molecule has 3 nitrogen and oxygen atoms in total. The first kappa shape index (κ1) is 14.1. The standard InChI is InChI=1S/C17H16BrNO2/c18-16-11-14(5-6-15(16)17(20)21)19-9-7-12-3-1-2-4-13(12)8-10-19/h1-6,11H,7-10H2,(H,20,21). The summed E-state index contributed by atoms with van der Waals surface area (Å²) in [7, 11) is 0. The second kappa shape index (κ2) is 5.90. The van der Waals surface area contributed by atoms with Crippen LogP contribution in [0.5, 0.6) is 0 Å². The Labute approximate surface area is 132 Å². The van der Waals surface area contributed by atoms with Crippen molar-refractivity contribution in [1.82, 2.24) is 0 Å². The lowest BCUT2D eigenvalue weighted by Gasteiger charge is -2.23. The molecule has 0 saturated carbocycles. The minimum Gasteiger partial charge on any atom is -0.478 e. The zero-order chi connectivity index (χ0) is 14.8. The van der Waals surface area contributed by atoms with Gasteiger partial charge in [0, 0.05) is 23.2 Å². The number of anilines is 1. The van der Waals surface area contributed by atoms with Crippen LogP contribution in [0.25, 0.3) is 0 Å². The fourth-order valence-corrected chi connectivity index (χ4v) is 3.34. The van der Waals surface area contributed by atoms with E-state index >= 15 is 0 Å². The van der Waals surface area contributed by atoms with Gasteiger partial charge in [0.05, 0.1) is 5.56 Å². The van der Waals surface area contributed by atoms with Gasteiger partial charge in [0.1, 0.15) is 0 Å². The average molecular weight is 346 g/mol. The van der Waals surface area contributed by atoms with Crippen LogP contribution in [-0.2, 0) is 12.8 Å². The van der Waals surface area contributed by atoms with Crippen molar-refractivity contribution in [2.75, 3.05) is 18.0 Å². The third kappa shape index (κ3) is 2.95. The van der Waals surface area contributed by atoms with Crippen molar-refractivity contribution in [3.63, 3.8) is 0 Å². The normalized spacial score (nSPS) is 14.4. The number of carboxylic acids is 1. The van der Waals surface area contributed by atoms with E-state index in [1.54, 1.807) is 6.07 Å². The summed E-state index contributed by atoms with van der Waals surface area (Å²) in [4.78, 5) is 13.4. The first-order valence-electron chi connectivity index (χ1n) is 7.00. The molecule has 1 aliphatic heterocycles. The van der Waals surface area contributed by atoms with Gasteiger partial charge in [-0.25, -0.2) is 4.79 Å². The molecule has 0 atom stereocenters. The van der Waals surface area contributed by atoms with Crippen LogP contribution in [0.3, 0.4) is 0 Å². The van der Waals surface area contributed by atoms with Crippen LogP contribution in [0.4, 0.5) is 5.69 Å².